The molecule has 0 saturated heterocycles. The third-order valence-electron chi connectivity index (χ3n) is 3.11. The summed E-state index contributed by atoms with van der Waals surface area (Å²) in [6, 6.07) is 11.1. The maximum Gasteiger partial charge on any atom is 0.265 e. The second kappa shape index (κ2) is 5.16. The zero-order chi connectivity index (χ0) is 15.0. The number of benzene rings is 2. The highest BCUT2D eigenvalue weighted by Gasteiger charge is 2.17. The van der Waals surface area contributed by atoms with E-state index in [9.17, 15) is 8.42 Å². The van der Waals surface area contributed by atoms with E-state index in [-0.39, 0.29) is 4.90 Å². The molecule has 3 aromatic rings. The number of nitrogens with zero attached hydrogens (tertiary/aromatic N) is 2. The van der Waals surface area contributed by atoms with Crippen LogP contribution < -0.4 is 4.72 Å². The minimum atomic E-state index is -3.65. The van der Waals surface area contributed by atoms with Crippen LogP contribution in [0.4, 0.5) is 5.69 Å². The third-order valence-corrected chi connectivity index (χ3v) is 5.12. The first-order valence-corrected chi connectivity index (χ1v) is 8.44. The highest BCUT2D eigenvalue weighted by Crippen LogP contribution is 2.31. The van der Waals surface area contributed by atoms with E-state index in [0.29, 0.717) is 5.69 Å². The minimum Gasteiger partial charge on any atom is -0.279 e. The Bertz CT molecular complexity index is 919. The summed E-state index contributed by atoms with van der Waals surface area (Å²) in [4.78, 5) is 0.136. The van der Waals surface area contributed by atoms with Gasteiger partial charge in [0.25, 0.3) is 10.0 Å². The fraction of sp³-hybridized carbons (Fsp3) is 0.0714. The molecule has 0 aliphatic rings. The van der Waals surface area contributed by atoms with Crippen molar-refractivity contribution in [2.24, 2.45) is 7.05 Å². The number of aryl methyl sites for hydroxylation is 1. The van der Waals surface area contributed by atoms with Crippen LogP contribution >= 0.6 is 15.9 Å². The van der Waals surface area contributed by atoms with Gasteiger partial charge in [-0.1, -0.05) is 40.2 Å². The van der Waals surface area contributed by atoms with Crippen molar-refractivity contribution in [3.63, 3.8) is 0 Å². The van der Waals surface area contributed by atoms with Crippen LogP contribution in [0.3, 0.4) is 0 Å². The molecule has 0 aliphatic heterocycles. The van der Waals surface area contributed by atoms with E-state index in [2.05, 4.69) is 25.8 Å². The molecule has 108 valence electrons. The van der Waals surface area contributed by atoms with E-state index in [1.165, 1.54) is 17.1 Å². The molecule has 1 N–H and O–H groups in total. The monoisotopic (exact) mass is 365 g/mol. The van der Waals surface area contributed by atoms with Crippen LogP contribution in [0.2, 0.25) is 0 Å². The van der Waals surface area contributed by atoms with E-state index < -0.39 is 10.0 Å². The van der Waals surface area contributed by atoms with Crippen molar-refractivity contribution in [1.82, 2.24) is 9.78 Å². The van der Waals surface area contributed by atoms with Crippen molar-refractivity contribution in [3.05, 3.63) is 53.3 Å². The molecule has 3 rings (SSSR count). The fourth-order valence-corrected chi connectivity index (χ4v) is 3.63. The molecule has 7 heteroatoms. The Balaban J connectivity index is 2.08. The van der Waals surface area contributed by atoms with Crippen molar-refractivity contribution in [3.8, 4) is 0 Å². The van der Waals surface area contributed by atoms with Crippen LogP contribution in [0, 0.1) is 0 Å². The molecule has 2 aromatic carbocycles. The summed E-state index contributed by atoms with van der Waals surface area (Å²) in [5.41, 5.74) is 0.539. The van der Waals surface area contributed by atoms with Gasteiger partial charge >= 0.3 is 0 Å². The summed E-state index contributed by atoms with van der Waals surface area (Å²) >= 11 is 3.47. The van der Waals surface area contributed by atoms with Gasteiger partial charge in [0.2, 0.25) is 0 Å². The van der Waals surface area contributed by atoms with Gasteiger partial charge in [-0.25, -0.2) is 8.42 Å². The van der Waals surface area contributed by atoms with E-state index in [1.54, 1.807) is 13.1 Å². The first-order chi connectivity index (χ1) is 9.97. The molecule has 1 aromatic heterocycles. The Hall–Kier alpha value is -1.86. The summed E-state index contributed by atoms with van der Waals surface area (Å²) in [7, 11) is -1.97. The summed E-state index contributed by atoms with van der Waals surface area (Å²) in [6.07, 6.45) is 2.78. The Morgan fingerprint density at radius 2 is 1.86 bits per heavy atom. The van der Waals surface area contributed by atoms with Crippen LogP contribution in [-0.4, -0.2) is 18.2 Å². The van der Waals surface area contributed by atoms with Gasteiger partial charge in [0.05, 0.1) is 11.9 Å². The molecular formula is C14H12BrN3O2S. The second-order valence-corrected chi connectivity index (χ2v) is 7.13. The van der Waals surface area contributed by atoms with Crippen molar-refractivity contribution in [1.29, 1.82) is 0 Å². The Morgan fingerprint density at radius 3 is 2.52 bits per heavy atom. The molecule has 0 aliphatic carbocycles. The normalized spacial score (nSPS) is 11.7. The SMILES string of the molecule is Cn1cc(S(=O)(=O)Nc2ccc(Br)c3ccccc23)cn1. The predicted octanol–water partition coefficient (Wildman–Crippen LogP) is 3.14. The lowest BCUT2D eigenvalue weighted by molar-refractivity contribution is 0.601. The van der Waals surface area contributed by atoms with Gasteiger partial charge in [-0.05, 0) is 17.5 Å². The van der Waals surface area contributed by atoms with Crippen LogP contribution in [0.5, 0.6) is 0 Å². The van der Waals surface area contributed by atoms with Gasteiger partial charge in [-0.15, -0.1) is 0 Å². The second-order valence-electron chi connectivity index (χ2n) is 4.60. The van der Waals surface area contributed by atoms with Gasteiger partial charge < -0.3 is 0 Å². The first-order valence-electron chi connectivity index (χ1n) is 6.16. The fourth-order valence-electron chi connectivity index (χ4n) is 2.09. The van der Waals surface area contributed by atoms with Crippen molar-refractivity contribution < 1.29 is 8.42 Å². The first kappa shape index (κ1) is 14.1. The third kappa shape index (κ3) is 2.66. The summed E-state index contributed by atoms with van der Waals surface area (Å²) in [5, 5.41) is 5.67. The smallest absolute Gasteiger partial charge is 0.265 e. The number of halogens is 1. The van der Waals surface area contributed by atoms with Gasteiger partial charge in [-0.3, -0.25) is 9.40 Å². The van der Waals surface area contributed by atoms with Crippen molar-refractivity contribution in [2.75, 3.05) is 4.72 Å². The Labute approximate surface area is 130 Å². The summed E-state index contributed by atoms with van der Waals surface area (Å²) < 4.78 is 29.7. The molecule has 0 atom stereocenters. The Kier molecular flexibility index (Phi) is 3.46. The van der Waals surface area contributed by atoms with Crippen LogP contribution in [-0.2, 0) is 17.1 Å². The molecule has 0 radical (unpaired) electrons. The van der Waals surface area contributed by atoms with Crippen LogP contribution in [0.1, 0.15) is 0 Å². The van der Waals surface area contributed by atoms with E-state index in [1.807, 2.05) is 30.3 Å². The maximum absolute atomic E-state index is 12.4. The van der Waals surface area contributed by atoms with Crippen LogP contribution in [0.25, 0.3) is 10.8 Å². The van der Waals surface area contributed by atoms with Gasteiger partial charge in [-0.2, -0.15) is 5.10 Å². The number of nitrogens with one attached hydrogen (secondary N) is 1. The molecule has 21 heavy (non-hydrogen) atoms. The lowest BCUT2D eigenvalue weighted by atomic mass is 10.1. The zero-order valence-electron chi connectivity index (χ0n) is 11.1. The largest absolute Gasteiger partial charge is 0.279 e. The molecule has 1 heterocycles. The lowest BCUT2D eigenvalue weighted by Gasteiger charge is -2.10. The molecule has 0 spiro atoms. The highest BCUT2D eigenvalue weighted by molar-refractivity contribution is 9.10. The number of aromatic nitrogens is 2. The van der Waals surface area contributed by atoms with E-state index in [4.69, 9.17) is 0 Å². The summed E-state index contributed by atoms with van der Waals surface area (Å²) in [6.45, 7) is 0. The van der Waals surface area contributed by atoms with Gasteiger partial charge in [0.1, 0.15) is 4.90 Å². The zero-order valence-corrected chi connectivity index (χ0v) is 13.5. The predicted molar refractivity (Wildman–Crippen MR) is 85.7 cm³/mol. The van der Waals surface area contributed by atoms with Gasteiger partial charge in [0.15, 0.2) is 0 Å². The number of hydrogen-bond acceptors (Lipinski definition) is 3. The highest BCUT2D eigenvalue weighted by atomic mass is 79.9. The van der Waals surface area contributed by atoms with E-state index >= 15 is 0 Å². The van der Waals surface area contributed by atoms with Gasteiger partial charge in [0, 0.05) is 23.1 Å². The lowest BCUT2D eigenvalue weighted by Crippen LogP contribution is -2.12. The van der Waals surface area contributed by atoms with E-state index in [0.717, 1.165) is 15.2 Å². The summed E-state index contributed by atoms with van der Waals surface area (Å²) in [5.74, 6) is 0. The number of anilines is 1. The van der Waals surface area contributed by atoms with Crippen molar-refractivity contribution >= 4 is 42.4 Å². The quantitative estimate of drug-likeness (QED) is 0.775. The minimum absolute atomic E-state index is 0.136. The van der Waals surface area contributed by atoms with Crippen molar-refractivity contribution in [2.45, 2.75) is 4.90 Å². The average molecular weight is 366 g/mol. The molecule has 0 bridgehead atoms. The standard InChI is InChI=1S/C14H12BrN3O2S/c1-18-9-10(8-16-18)21(19,20)17-14-7-6-13(15)11-4-2-3-5-12(11)14/h2-9,17H,1H3. The number of hydrogen-bond donors (Lipinski definition) is 1. The average Bonchev–Trinajstić information content (AvgIpc) is 2.90. The molecule has 0 amide bonds. The molecule has 0 unspecified atom stereocenters. The number of sulfonamides is 1. The Morgan fingerprint density at radius 1 is 1.14 bits per heavy atom. The number of rotatable bonds is 3. The maximum atomic E-state index is 12.4. The molecule has 5 nitrogen and oxygen atoms in total. The molecule has 0 fully saturated rings. The number of fused-ring (bicyclic) bond motifs is 1. The van der Waals surface area contributed by atoms with Crippen LogP contribution in [0.15, 0.2) is 58.2 Å². The topological polar surface area (TPSA) is 64.0 Å². The molecule has 0 saturated carbocycles. The molecular weight excluding hydrogens is 354 g/mol.